The fourth-order valence-corrected chi connectivity index (χ4v) is 3.55. The molecule has 0 saturated heterocycles. The van der Waals surface area contributed by atoms with Crippen LogP contribution in [0.5, 0.6) is 0 Å². The zero-order valence-electron chi connectivity index (χ0n) is 14.4. The molecule has 0 radical (unpaired) electrons. The summed E-state index contributed by atoms with van der Waals surface area (Å²) >= 11 is 0. The van der Waals surface area contributed by atoms with Gasteiger partial charge >= 0.3 is 0 Å². The fourth-order valence-electron chi connectivity index (χ4n) is 3.55. The zero-order chi connectivity index (χ0) is 15.0. The zero-order valence-corrected chi connectivity index (χ0v) is 14.4. The Morgan fingerprint density at radius 1 is 0.950 bits per heavy atom. The number of hydrogen-bond acceptors (Lipinski definition) is 2. The Labute approximate surface area is 127 Å². The van der Waals surface area contributed by atoms with Crippen molar-refractivity contribution < 1.29 is 0 Å². The van der Waals surface area contributed by atoms with Gasteiger partial charge < -0.3 is 9.80 Å². The van der Waals surface area contributed by atoms with Crippen LogP contribution in [0, 0.1) is 0 Å². The molecular weight excluding hydrogens is 243 g/mol. The van der Waals surface area contributed by atoms with Gasteiger partial charge in [-0.05, 0) is 0 Å². The molecule has 0 saturated carbocycles. The average Bonchev–Trinajstić information content (AvgIpc) is 2.76. The lowest BCUT2D eigenvalue weighted by molar-refractivity contribution is 0.279. The van der Waals surface area contributed by atoms with Gasteiger partial charge in [-0.2, -0.15) is 0 Å². The maximum Gasteiger partial charge on any atom is 0.196 e. The van der Waals surface area contributed by atoms with Gasteiger partial charge in [0.15, 0.2) is 6.71 Å². The lowest BCUT2D eigenvalue weighted by Gasteiger charge is -2.36. The van der Waals surface area contributed by atoms with E-state index < -0.39 is 0 Å². The lowest BCUT2D eigenvalue weighted by atomic mass is 9.35. The van der Waals surface area contributed by atoms with Gasteiger partial charge in [0.05, 0.1) is 6.07 Å². The minimum Gasteiger partial charge on any atom is -0.366 e. The summed E-state index contributed by atoms with van der Waals surface area (Å²) in [4.78, 5) is 4.82. The summed E-state index contributed by atoms with van der Waals surface area (Å²) in [6.45, 7) is 7.87. The molecule has 116 valence electrons. The van der Waals surface area contributed by atoms with Gasteiger partial charge in [-0.3, -0.25) is 0 Å². The molecule has 0 spiro atoms. The molecule has 0 N–H and O–H groups in total. The van der Waals surface area contributed by atoms with E-state index in [0.717, 1.165) is 12.5 Å². The number of rotatable bonds is 10. The molecule has 1 atom stereocenters. The molecule has 0 aromatic heterocycles. The summed E-state index contributed by atoms with van der Waals surface area (Å²) < 4.78 is 0. The lowest BCUT2D eigenvalue weighted by Crippen LogP contribution is -2.49. The van der Waals surface area contributed by atoms with Crippen molar-refractivity contribution in [2.24, 2.45) is 0 Å². The molecule has 0 amide bonds. The van der Waals surface area contributed by atoms with Gasteiger partial charge in [0.1, 0.15) is 0 Å². The standard InChI is InChI=1S/C17H35BN2/c1-6-8-10-11-13-18(16(3)12-9-7-2)17-19(4)14-15-20(17)5/h14-17H,6-13H2,1-5H3. The average molecular weight is 278 g/mol. The van der Waals surface area contributed by atoms with E-state index >= 15 is 0 Å². The summed E-state index contributed by atoms with van der Waals surface area (Å²) in [6.07, 6.45) is 15.5. The van der Waals surface area contributed by atoms with Gasteiger partial charge in [-0.1, -0.05) is 77.9 Å². The van der Waals surface area contributed by atoms with E-state index in [0.29, 0.717) is 6.07 Å². The molecule has 0 aliphatic carbocycles. The topological polar surface area (TPSA) is 6.48 Å². The van der Waals surface area contributed by atoms with Gasteiger partial charge in [0.2, 0.25) is 0 Å². The smallest absolute Gasteiger partial charge is 0.196 e. The van der Waals surface area contributed by atoms with Crippen LogP contribution in [0.3, 0.4) is 0 Å². The quantitative estimate of drug-likeness (QED) is 0.416. The van der Waals surface area contributed by atoms with Crippen LogP contribution < -0.4 is 0 Å². The minimum absolute atomic E-state index is 0.573. The van der Waals surface area contributed by atoms with E-state index in [1.807, 2.05) is 0 Å². The molecule has 1 aliphatic heterocycles. The van der Waals surface area contributed by atoms with Crippen LogP contribution in [-0.2, 0) is 0 Å². The second kappa shape index (κ2) is 9.36. The van der Waals surface area contributed by atoms with Crippen molar-refractivity contribution in [2.45, 2.75) is 83.9 Å². The molecule has 2 nitrogen and oxygen atoms in total. The van der Waals surface area contributed by atoms with Crippen LogP contribution in [0.2, 0.25) is 12.1 Å². The third-order valence-electron chi connectivity index (χ3n) is 4.89. The number of unbranched alkanes of at least 4 members (excludes halogenated alkanes) is 4. The fraction of sp³-hybridized carbons (Fsp3) is 0.882. The molecule has 1 rings (SSSR count). The highest BCUT2D eigenvalue weighted by Gasteiger charge is 2.35. The van der Waals surface area contributed by atoms with Crippen LogP contribution in [0.15, 0.2) is 12.4 Å². The molecule has 0 bridgehead atoms. The van der Waals surface area contributed by atoms with Crippen molar-refractivity contribution in [3.63, 3.8) is 0 Å². The SMILES string of the molecule is CCCCCCB(C(C)CCCC)C1N(C)C=CN1C. The molecule has 1 unspecified atom stereocenters. The Kier molecular flexibility index (Phi) is 8.17. The maximum absolute atomic E-state index is 2.47. The molecule has 1 aliphatic rings. The number of hydrogen-bond donors (Lipinski definition) is 0. The predicted molar refractivity (Wildman–Crippen MR) is 92.1 cm³/mol. The molecule has 0 fully saturated rings. The largest absolute Gasteiger partial charge is 0.366 e. The molecule has 0 aromatic rings. The van der Waals surface area contributed by atoms with Gasteiger partial charge in [-0.25, -0.2) is 0 Å². The highest BCUT2D eigenvalue weighted by molar-refractivity contribution is 6.62. The second-order valence-electron chi connectivity index (χ2n) is 6.68. The molecule has 20 heavy (non-hydrogen) atoms. The Hall–Kier alpha value is -0.595. The van der Waals surface area contributed by atoms with E-state index in [2.05, 4.69) is 57.1 Å². The monoisotopic (exact) mass is 278 g/mol. The van der Waals surface area contributed by atoms with E-state index in [-0.39, 0.29) is 0 Å². The van der Waals surface area contributed by atoms with E-state index in [9.17, 15) is 0 Å². The predicted octanol–water partition coefficient (Wildman–Crippen LogP) is 4.86. The van der Waals surface area contributed by atoms with Gasteiger partial charge in [0.25, 0.3) is 0 Å². The van der Waals surface area contributed by atoms with Crippen LogP contribution in [0.1, 0.15) is 65.7 Å². The molecule has 1 heterocycles. The van der Waals surface area contributed by atoms with Gasteiger partial charge in [0, 0.05) is 26.5 Å². The number of nitrogens with zero attached hydrogens (tertiary/aromatic N) is 2. The van der Waals surface area contributed by atoms with E-state index in [1.165, 1.54) is 51.3 Å². The summed E-state index contributed by atoms with van der Waals surface area (Å²) in [5.41, 5.74) is 0. The van der Waals surface area contributed by atoms with Crippen molar-refractivity contribution in [3.8, 4) is 0 Å². The Bertz CT molecular complexity index is 268. The van der Waals surface area contributed by atoms with E-state index in [4.69, 9.17) is 0 Å². The highest BCUT2D eigenvalue weighted by Crippen LogP contribution is 2.29. The highest BCUT2D eigenvalue weighted by atomic mass is 15.3. The third-order valence-corrected chi connectivity index (χ3v) is 4.89. The van der Waals surface area contributed by atoms with E-state index in [1.54, 1.807) is 0 Å². The Morgan fingerprint density at radius 2 is 1.55 bits per heavy atom. The summed E-state index contributed by atoms with van der Waals surface area (Å²) in [5.74, 6) is 0.825. The van der Waals surface area contributed by atoms with Crippen LogP contribution in [0.4, 0.5) is 0 Å². The van der Waals surface area contributed by atoms with Crippen LogP contribution in [0.25, 0.3) is 0 Å². The minimum atomic E-state index is 0.573. The first-order chi connectivity index (χ1) is 9.61. The van der Waals surface area contributed by atoms with Crippen molar-refractivity contribution in [1.29, 1.82) is 0 Å². The third kappa shape index (κ3) is 5.07. The Morgan fingerprint density at radius 3 is 2.10 bits per heavy atom. The molecule has 3 heteroatoms. The summed E-state index contributed by atoms with van der Waals surface area (Å²) in [5, 5.41) is 0. The summed E-state index contributed by atoms with van der Waals surface area (Å²) in [7, 11) is 4.46. The van der Waals surface area contributed by atoms with Crippen molar-refractivity contribution in [3.05, 3.63) is 12.4 Å². The van der Waals surface area contributed by atoms with Crippen LogP contribution >= 0.6 is 0 Å². The van der Waals surface area contributed by atoms with Crippen molar-refractivity contribution in [1.82, 2.24) is 9.80 Å². The second-order valence-corrected chi connectivity index (χ2v) is 6.68. The van der Waals surface area contributed by atoms with Crippen LogP contribution in [-0.4, -0.2) is 36.7 Å². The maximum atomic E-state index is 2.47. The first-order valence-corrected chi connectivity index (χ1v) is 8.74. The normalized spacial score (nSPS) is 17.1. The summed E-state index contributed by atoms with van der Waals surface area (Å²) in [6, 6.07) is 0.573. The first kappa shape index (κ1) is 17.5. The molecule has 0 aromatic carbocycles. The first-order valence-electron chi connectivity index (χ1n) is 8.74. The Balaban J connectivity index is 2.58. The molecular formula is C17H35BN2. The van der Waals surface area contributed by atoms with Crippen molar-refractivity contribution in [2.75, 3.05) is 14.1 Å². The van der Waals surface area contributed by atoms with Gasteiger partial charge in [-0.15, -0.1) is 0 Å². The van der Waals surface area contributed by atoms with Crippen molar-refractivity contribution >= 4 is 6.71 Å².